The van der Waals surface area contributed by atoms with Gasteiger partial charge in [-0.15, -0.1) is 0 Å². The molecular formula is C17H17N5O3. The van der Waals surface area contributed by atoms with Gasteiger partial charge >= 0.3 is 5.97 Å². The SMILES string of the molecule is COC(=O)c1c(NC(=O)c2cccc(Cn3cccn3)c2)cnn1C. The number of hydrogen-bond acceptors (Lipinski definition) is 5. The van der Waals surface area contributed by atoms with Gasteiger partial charge in [-0.3, -0.25) is 14.2 Å². The number of esters is 1. The zero-order valence-electron chi connectivity index (χ0n) is 13.8. The molecule has 0 aliphatic heterocycles. The Morgan fingerprint density at radius 2 is 2.08 bits per heavy atom. The Bertz CT molecular complexity index is 899. The molecule has 1 amide bonds. The Hall–Kier alpha value is -3.42. The summed E-state index contributed by atoms with van der Waals surface area (Å²) < 4.78 is 7.85. The molecule has 0 aliphatic rings. The van der Waals surface area contributed by atoms with Crippen molar-refractivity contribution in [3.63, 3.8) is 0 Å². The average molecular weight is 339 g/mol. The Morgan fingerprint density at radius 1 is 1.24 bits per heavy atom. The summed E-state index contributed by atoms with van der Waals surface area (Å²) in [5, 5.41) is 10.8. The van der Waals surface area contributed by atoms with Gasteiger partial charge in [0.15, 0.2) is 5.69 Å². The van der Waals surface area contributed by atoms with E-state index < -0.39 is 5.97 Å². The Kier molecular flexibility index (Phi) is 4.60. The highest BCUT2D eigenvalue weighted by Gasteiger charge is 2.19. The zero-order chi connectivity index (χ0) is 17.8. The van der Waals surface area contributed by atoms with E-state index in [0.29, 0.717) is 17.8 Å². The van der Waals surface area contributed by atoms with E-state index in [0.717, 1.165) is 5.56 Å². The topological polar surface area (TPSA) is 91.0 Å². The summed E-state index contributed by atoms with van der Waals surface area (Å²) in [4.78, 5) is 24.3. The maximum atomic E-state index is 12.5. The minimum Gasteiger partial charge on any atom is -0.464 e. The molecule has 2 heterocycles. The lowest BCUT2D eigenvalue weighted by Gasteiger charge is -2.08. The molecule has 25 heavy (non-hydrogen) atoms. The molecule has 0 aliphatic carbocycles. The van der Waals surface area contributed by atoms with Crippen molar-refractivity contribution in [3.8, 4) is 0 Å². The quantitative estimate of drug-likeness (QED) is 0.715. The van der Waals surface area contributed by atoms with E-state index in [-0.39, 0.29) is 11.6 Å². The van der Waals surface area contributed by atoms with Crippen LogP contribution >= 0.6 is 0 Å². The number of nitrogens with one attached hydrogen (secondary N) is 1. The third-order valence-electron chi connectivity index (χ3n) is 3.66. The molecule has 1 N–H and O–H groups in total. The van der Waals surface area contributed by atoms with E-state index in [2.05, 4.69) is 15.5 Å². The van der Waals surface area contributed by atoms with Crippen LogP contribution in [0, 0.1) is 0 Å². The molecular weight excluding hydrogens is 322 g/mol. The number of hydrogen-bond donors (Lipinski definition) is 1. The van der Waals surface area contributed by atoms with E-state index in [1.54, 1.807) is 36.1 Å². The van der Waals surface area contributed by atoms with Gasteiger partial charge < -0.3 is 10.1 Å². The number of carbonyl (C=O) groups is 2. The third kappa shape index (κ3) is 3.57. The second-order valence-corrected chi connectivity index (χ2v) is 5.38. The van der Waals surface area contributed by atoms with Gasteiger partial charge in [0, 0.05) is 25.0 Å². The molecule has 3 aromatic rings. The molecule has 1 aromatic carbocycles. The molecule has 0 unspecified atom stereocenters. The molecule has 0 radical (unpaired) electrons. The van der Waals surface area contributed by atoms with Crippen molar-refractivity contribution in [1.82, 2.24) is 19.6 Å². The van der Waals surface area contributed by atoms with E-state index >= 15 is 0 Å². The van der Waals surface area contributed by atoms with Crippen molar-refractivity contribution in [2.45, 2.75) is 6.54 Å². The maximum absolute atomic E-state index is 12.5. The molecule has 0 saturated carbocycles. The average Bonchev–Trinajstić information content (AvgIpc) is 3.24. The first-order chi connectivity index (χ1) is 12.1. The highest BCUT2D eigenvalue weighted by Crippen LogP contribution is 2.17. The predicted molar refractivity (Wildman–Crippen MR) is 90.3 cm³/mol. The van der Waals surface area contributed by atoms with Gasteiger partial charge in [0.1, 0.15) is 0 Å². The Morgan fingerprint density at radius 3 is 2.80 bits per heavy atom. The lowest BCUT2D eigenvalue weighted by atomic mass is 10.1. The highest BCUT2D eigenvalue weighted by atomic mass is 16.5. The van der Waals surface area contributed by atoms with Crippen molar-refractivity contribution < 1.29 is 14.3 Å². The number of aryl methyl sites for hydroxylation is 1. The fourth-order valence-electron chi connectivity index (χ4n) is 2.45. The number of anilines is 1. The van der Waals surface area contributed by atoms with Crippen molar-refractivity contribution in [2.75, 3.05) is 12.4 Å². The van der Waals surface area contributed by atoms with Crippen LogP contribution in [0.2, 0.25) is 0 Å². The van der Waals surface area contributed by atoms with E-state index in [9.17, 15) is 9.59 Å². The van der Waals surface area contributed by atoms with E-state index in [1.807, 2.05) is 18.3 Å². The second kappa shape index (κ2) is 7.00. The summed E-state index contributed by atoms with van der Waals surface area (Å²) in [6, 6.07) is 9.05. The number of amides is 1. The number of rotatable bonds is 5. The summed E-state index contributed by atoms with van der Waals surface area (Å²) in [6.07, 6.45) is 4.97. The molecule has 0 atom stereocenters. The van der Waals surface area contributed by atoms with Crippen LogP contribution in [0.15, 0.2) is 48.9 Å². The number of methoxy groups -OCH3 is 1. The van der Waals surface area contributed by atoms with Gasteiger partial charge in [0.05, 0.1) is 25.5 Å². The van der Waals surface area contributed by atoms with Crippen LogP contribution in [-0.2, 0) is 18.3 Å². The van der Waals surface area contributed by atoms with Crippen LogP contribution in [0.1, 0.15) is 26.4 Å². The number of benzene rings is 1. The summed E-state index contributed by atoms with van der Waals surface area (Å²) >= 11 is 0. The van der Waals surface area contributed by atoms with E-state index in [4.69, 9.17) is 4.74 Å². The van der Waals surface area contributed by atoms with Crippen molar-refractivity contribution >= 4 is 17.6 Å². The fraction of sp³-hybridized carbons (Fsp3) is 0.176. The number of nitrogens with zero attached hydrogens (tertiary/aromatic N) is 4. The van der Waals surface area contributed by atoms with Crippen LogP contribution in [0.4, 0.5) is 5.69 Å². The second-order valence-electron chi connectivity index (χ2n) is 5.38. The minimum absolute atomic E-state index is 0.184. The summed E-state index contributed by atoms with van der Waals surface area (Å²) in [5.41, 5.74) is 1.90. The Balaban J connectivity index is 1.79. The Labute approximate surface area is 144 Å². The largest absolute Gasteiger partial charge is 0.464 e. The highest BCUT2D eigenvalue weighted by molar-refractivity contribution is 6.07. The van der Waals surface area contributed by atoms with Gasteiger partial charge in [-0.2, -0.15) is 10.2 Å². The van der Waals surface area contributed by atoms with Crippen LogP contribution in [0.5, 0.6) is 0 Å². The first-order valence-corrected chi connectivity index (χ1v) is 7.56. The van der Waals surface area contributed by atoms with Crippen molar-refractivity contribution in [2.24, 2.45) is 7.05 Å². The van der Waals surface area contributed by atoms with Crippen LogP contribution in [0.25, 0.3) is 0 Å². The normalized spacial score (nSPS) is 10.5. The molecule has 128 valence electrons. The molecule has 0 bridgehead atoms. The molecule has 2 aromatic heterocycles. The molecule has 8 nitrogen and oxygen atoms in total. The van der Waals surface area contributed by atoms with Gasteiger partial charge in [0.25, 0.3) is 5.91 Å². The third-order valence-corrected chi connectivity index (χ3v) is 3.66. The van der Waals surface area contributed by atoms with Gasteiger partial charge in [-0.25, -0.2) is 4.79 Å². The smallest absolute Gasteiger partial charge is 0.358 e. The molecule has 0 spiro atoms. The predicted octanol–water partition coefficient (Wildman–Crippen LogP) is 1.70. The standard InChI is InChI=1S/C17H17N5O3/c1-21-15(17(24)25-2)14(10-19-21)20-16(23)13-6-3-5-12(9-13)11-22-8-4-7-18-22/h3-10H,11H2,1-2H3,(H,20,23). The summed E-state index contributed by atoms with van der Waals surface area (Å²) in [6.45, 7) is 0.564. The summed E-state index contributed by atoms with van der Waals surface area (Å²) in [7, 11) is 2.88. The van der Waals surface area contributed by atoms with E-state index in [1.165, 1.54) is 18.0 Å². The minimum atomic E-state index is -0.567. The van der Waals surface area contributed by atoms with Crippen LogP contribution < -0.4 is 5.32 Å². The maximum Gasteiger partial charge on any atom is 0.358 e. The first kappa shape index (κ1) is 16.4. The first-order valence-electron chi connectivity index (χ1n) is 7.56. The molecule has 3 rings (SSSR count). The number of ether oxygens (including phenoxy) is 1. The van der Waals surface area contributed by atoms with Crippen LogP contribution in [-0.4, -0.2) is 38.5 Å². The number of aromatic nitrogens is 4. The molecule has 0 fully saturated rings. The van der Waals surface area contributed by atoms with Crippen molar-refractivity contribution in [3.05, 3.63) is 65.7 Å². The van der Waals surface area contributed by atoms with Crippen LogP contribution in [0.3, 0.4) is 0 Å². The fourth-order valence-corrected chi connectivity index (χ4v) is 2.45. The van der Waals surface area contributed by atoms with Gasteiger partial charge in [-0.05, 0) is 23.8 Å². The summed E-state index contributed by atoms with van der Waals surface area (Å²) in [5.74, 6) is -0.900. The zero-order valence-corrected chi connectivity index (χ0v) is 13.8. The monoisotopic (exact) mass is 339 g/mol. The molecule has 0 saturated heterocycles. The van der Waals surface area contributed by atoms with Gasteiger partial charge in [-0.1, -0.05) is 12.1 Å². The molecule has 8 heteroatoms. The lowest BCUT2D eigenvalue weighted by Crippen LogP contribution is -2.16. The van der Waals surface area contributed by atoms with Crippen molar-refractivity contribution in [1.29, 1.82) is 0 Å². The lowest BCUT2D eigenvalue weighted by molar-refractivity contribution is 0.0589. The van der Waals surface area contributed by atoms with Gasteiger partial charge in [0.2, 0.25) is 0 Å². The number of carbonyl (C=O) groups excluding carboxylic acids is 2.